The van der Waals surface area contributed by atoms with E-state index >= 15 is 0 Å². The van der Waals surface area contributed by atoms with Crippen LogP contribution in [-0.4, -0.2) is 32.1 Å². The van der Waals surface area contributed by atoms with Crippen LogP contribution in [0.5, 0.6) is 0 Å². The van der Waals surface area contributed by atoms with E-state index in [-0.39, 0.29) is 0 Å². The summed E-state index contributed by atoms with van der Waals surface area (Å²) in [6, 6.07) is 10.6. The number of guanidine groups is 1. The highest BCUT2D eigenvalue weighted by atomic mass is 15.2. The van der Waals surface area contributed by atoms with Gasteiger partial charge in [-0.3, -0.25) is 4.99 Å². The molecule has 1 heterocycles. The molecule has 128 valence electrons. The van der Waals surface area contributed by atoms with Crippen LogP contribution in [-0.2, 0) is 13.1 Å². The first-order chi connectivity index (χ1) is 11.5. The number of rotatable bonds is 5. The Morgan fingerprint density at radius 2 is 1.83 bits per heavy atom. The highest BCUT2D eigenvalue weighted by molar-refractivity contribution is 5.79. The molecule has 2 aromatic rings. The molecule has 2 rings (SSSR count). The summed E-state index contributed by atoms with van der Waals surface area (Å²) in [7, 11) is 5.77. The van der Waals surface area contributed by atoms with Crippen LogP contribution in [0.25, 0.3) is 0 Å². The average molecular weight is 325 g/mol. The summed E-state index contributed by atoms with van der Waals surface area (Å²) in [5.41, 5.74) is 5.03. The second-order valence-electron chi connectivity index (χ2n) is 6.13. The van der Waals surface area contributed by atoms with Crippen LogP contribution in [0.15, 0.2) is 41.5 Å². The predicted octanol–water partition coefficient (Wildman–Crippen LogP) is 2.63. The van der Waals surface area contributed by atoms with Gasteiger partial charge in [0.25, 0.3) is 0 Å². The highest BCUT2D eigenvalue weighted by Gasteiger charge is 2.03. The molecule has 24 heavy (non-hydrogen) atoms. The van der Waals surface area contributed by atoms with Crippen molar-refractivity contribution in [3.05, 3.63) is 58.8 Å². The van der Waals surface area contributed by atoms with Crippen molar-refractivity contribution in [1.29, 1.82) is 0 Å². The Kier molecular flexibility index (Phi) is 6.18. The summed E-state index contributed by atoms with van der Waals surface area (Å²) < 4.78 is 0. The number of aliphatic imine (C=N–C) groups is 1. The van der Waals surface area contributed by atoms with Crippen LogP contribution < -0.4 is 15.5 Å². The summed E-state index contributed by atoms with van der Waals surface area (Å²) in [5, 5.41) is 6.71. The minimum Gasteiger partial charge on any atom is -0.363 e. The van der Waals surface area contributed by atoms with Crippen molar-refractivity contribution in [2.24, 2.45) is 4.99 Å². The quantitative estimate of drug-likeness (QED) is 0.655. The monoisotopic (exact) mass is 325 g/mol. The molecular formula is C19H27N5. The molecule has 0 saturated heterocycles. The standard InChI is InChI=1S/C19H27N5/c1-14-6-7-17(15(2)10-14)13-23-19(20-3)22-12-16-8-9-21-18(11-16)24(4)5/h6-11H,12-13H2,1-5H3,(H2,20,22,23). The highest BCUT2D eigenvalue weighted by Crippen LogP contribution is 2.10. The fourth-order valence-corrected chi connectivity index (χ4v) is 2.44. The SMILES string of the molecule is CN=C(NCc1ccnc(N(C)C)c1)NCc1ccc(C)cc1C. The number of nitrogens with one attached hydrogen (secondary N) is 2. The molecular weight excluding hydrogens is 298 g/mol. The zero-order valence-electron chi connectivity index (χ0n) is 15.2. The maximum Gasteiger partial charge on any atom is 0.191 e. The van der Waals surface area contributed by atoms with Crippen LogP contribution in [0.1, 0.15) is 22.3 Å². The van der Waals surface area contributed by atoms with E-state index in [0.29, 0.717) is 6.54 Å². The number of pyridine rings is 1. The first kappa shape index (κ1) is 17.8. The number of aromatic nitrogens is 1. The maximum absolute atomic E-state index is 4.33. The fraction of sp³-hybridized carbons (Fsp3) is 0.368. The predicted molar refractivity (Wildman–Crippen MR) is 102 cm³/mol. The molecule has 0 bridgehead atoms. The summed E-state index contributed by atoms with van der Waals surface area (Å²) in [6.45, 7) is 5.71. The summed E-state index contributed by atoms with van der Waals surface area (Å²) in [6.07, 6.45) is 1.83. The molecule has 0 aliphatic rings. The largest absolute Gasteiger partial charge is 0.363 e. The lowest BCUT2D eigenvalue weighted by Crippen LogP contribution is -2.36. The van der Waals surface area contributed by atoms with Crippen LogP contribution in [0.2, 0.25) is 0 Å². The Labute approximate surface area is 144 Å². The molecule has 5 nitrogen and oxygen atoms in total. The Morgan fingerprint density at radius 1 is 1.08 bits per heavy atom. The van der Waals surface area contributed by atoms with Gasteiger partial charge in [-0.25, -0.2) is 4.98 Å². The molecule has 1 aromatic carbocycles. The second-order valence-corrected chi connectivity index (χ2v) is 6.13. The topological polar surface area (TPSA) is 52.6 Å². The van der Waals surface area contributed by atoms with E-state index in [2.05, 4.69) is 58.7 Å². The zero-order valence-corrected chi connectivity index (χ0v) is 15.2. The van der Waals surface area contributed by atoms with E-state index in [1.54, 1.807) is 7.05 Å². The number of anilines is 1. The van der Waals surface area contributed by atoms with Crippen molar-refractivity contribution < 1.29 is 0 Å². The van der Waals surface area contributed by atoms with Gasteiger partial charge in [-0.15, -0.1) is 0 Å². The van der Waals surface area contributed by atoms with E-state index in [4.69, 9.17) is 0 Å². The van der Waals surface area contributed by atoms with Crippen LogP contribution in [0, 0.1) is 13.8 Å². The molecule has 1 aromatic heterocycles. The lowest BCUT2D eigenvalue weighted by atomic mass is 10.1. The fourth-order valence-electron chi connectivity index (χ4n) is 2.44. The van der Waals surface area contributed by atoms with Gasteiger partial charge in [-0.2, -0.15) is 0 Å². The Morgan fingerprint density at radius 3 is 2.50 bits per heavy atom. The van der Waals surface area contributed by atoms with E-state index in [9.17, 15) is 0 Å². The van der Waals surface area contributed by atoms with Gasteiger partial charge in [-0.1, -0.05) is 23.8 Å². The van der Waals surface area contributed by atoms with Crippen molar-refractivity contribution in [3.63, 3.8) is 0 Å². The van der Waals surface area contributed by atoms with Crippen LogP contribution >= 0.6 is 0 Å². The normalized spacial score (nSPS) is 11.3. The van der Waals surface area contributed by atoms with Crippen LogP contribution in [0.3, 0.4) is 0 Å². The van der Waals surface area contributed by atoms with Gasteiger partial charge in [0, 0.05) is 40.4 Å². The van der Waals surface area contributed by atoms with Crippen LogP contribution in [0.4, 0.5) is 5.82 Å². The molecule has 2 N–H and O–H groups in total. The van der Waals surface area contributed by atoms with Gasteiger partial charge < -0.3 is 15.5 Å². The van der Waals surface area contributed by atoms with Gasteiger partial charge in [0.1, 0.15) is 5.82 Å². The Hall–Kier alpha value is -2.56. The van der Waals surface area contributed by atoms with Gasteiger partial charge in [0.15, 0.2) is 5.96 Å². The van der Waals surface area contributed by atoms with Gasteiger partial charge in [0.05, 0.1) is 0 Å². The molecule has 0 aliphatic heterocycles. The van der Waals surface area contributed by atoms with E-state index < -0.39 is 0 Å². The molecule has 0 aliphatic carbocycles. The molecule has 0 unspecified atom stereocenters. The number of hydrogen-bond donors (Lipinski definition) is 2. The summed E-state index contributed by atoms with van der Waals surface area (Å²) in [5.74, 6) is 1.74. The van der Waals surface area contributed by atoms with Gasteiger partial charge >= 0.3 is 0 Å². The first-order valence-electron chi connectivity index (χ1n) is 8.12. The Balaban J connectivity index is 1.92. The average Bonchev–Trinajstić information content (AvgIpc) is 2.56. The van der Waals surface area contributed by atoms with Gasteiger partial charge in [0.2, 0.25) is 0 Å². The molecule has 0 amide bonds. The number of benzene rings is 1. The molecule has 0 radical (unpaired) electrons. The number of hydrogen-bond acceptors (Lipinski definition) is 3. The number of nitrogens with zero attached hydrogens (tertiary/aromatic N) is 3. The molecule has 0 atom stereocenters. The third-order valence-electron chi connectivity index (χ3n) is 3.90. The third kappa shape index (κ3) is 4.98. The van der Waals surface area contributed by atoms with Crippen molar-refractivity contribution in [2.45, 2.75) is 26.9 Å². The molecule has 0 spiro atoms. The van der Waals surface area contributed by atoms with Crippen molar-refractivity contribution in [3.8, 4) is 0 Å². The van der Waals surface area contributed by atoms with E-state index in [1.807, 2.05) is 31.3 Å². The van der Waals surface area contributed by atoms with Crippen molar-refractivity contribution in [1.82, 2.24) is 15.6 Å². The first-order valence-corrected chi connectivity index (χ1v) is 8.12. The van der Waals surface area contributed by atoms with Gasteiger partial charge in [-0.05, 0) is 42.7 Å². The molecule has 0 fully saturated rings. The minimum atomic E-state index is 0.704. The lowest BCUT2D eigenvalue weighted by Gasteiger charge is -2.15. The summed E-state index contributed by atoms with van der Waals surface area (Å²) in [4.78, 5) is 10.6. The van der Waals surface area contributed by atoms with Crippen molar-refractivity contribution >= 4 is 11.8 Å². The van der Waals surface area contributed by atoms with E-state index in [0.717, 1.165) is 18.3 Å². The maximum atomic E-state index is 4.33. The van der Waals surface area contributed by atoms with Crippen molar-refractivity contribution in [2.75, 3.05) is 26.0 Å². The second kappa shape index (κ2) is 8.34. The number of aryl methyl sites for hydroxylation is 2. The summed E-state index contributed by atoms with van der Waals surface area (Å²) >= 11 is 0. The molecule has 5 heteroatoms. The molecule has 0 saturated carbocycles. The van der Waals surface area contributed by atoms with E-state index in [1.165, 1.54) is 22.3 Å². The minimum absolute atomic E-state index is 0.704. The smallest absolute Gasteiger partial charge is 0.191 e. The third-order valence-corrected chi connectivity index (χ3v) is 3.90. The Bertz CT molecular complexity index is 707. The zero-order chi connectivity index (χ0) is 17.5. The lowest BCUT2D eigenvalue weighted by molar-refractivity contribution is 0.804.